The summed E-state index contributed by atoms with van der Waals surface area (Å²) >= 11 is 0. The van der Waals surface area contributed by atoms with Gasteiger partial charge in [-0.25, -0.2) is 0 Å². The normalized spacial score (nSPS) is 34.8. The molecule has 13 heavy (non-hydrogen) atoms. The van der Waals surface area contributed by atoms with Gasteiger partial charge in [0.2, 0.25) is 0 Å². The molecule has 1 fully saturated rings. The molecule has 0 aromatic carbocycles. The highest BCUT2D eigenvalue weighted by atomic mass is 16.5. The number of hydrogen-bond acceptors (Lipinski definition) is 2. The van der Waals surface area contributed by atoms with Gasteiger partial charge in [-0.1, -0.05) is 26.7 Å². The predicted molar refractivity (Wildman–Crippen MR) is 55.9 cm³/mol. The highest BCUT2D eigenvalue weighted by Crippen LogP contribution is 2.28. The molecule has 2 heteroatoms. The van der Waals surface area contributed by atoms with Crippen LogP contribution in [0.3, 0.4) is 0 Å². The number of rotatable bonds is 4. The van der Waals surface area contributed by atoms with Gasteiger partial charge in [0.05, 0.1) is 6.10 Å². The van der Waals surface area contributed by atoms with Crippen molar-refractivity contribution in [2.24, 2.45) is 5.92 Å². The van der Waals surface area contributed by atoms with E-state index in [1.165, 1.54) is 25.7 Å². The first-order valence-electron chi connectivity index (χ1n) is 5.59. The van der Waals surface area contributed by atoms with E-state index in [-0.39, 0.29) is 0 Å². The third kappa shape index (κ3) is 2.68. The van der Waals surface area contributed by atoms with E-state index < -0.39 is 0 Å². The summed E-state index contributed by atoms with van der Waals surface area (Å²) in [5.41, 5.74) is 0. The quantitative estimate of drug-likeness (QED) is 0.725. The maximum absolute atomic E-state index is 5.53. The van der Waals surface area contributed by atoms with E-state index in [4.69, 9.17) is 4.74 Å². The summed E-state index contributed by atoms with van der Waals surface area (Å²) < 4.78 is 5.53. The molecule has 0 aromatic rings. The maximum atomic E-state index is 5.53. The topological polar surface area (TPSA) is 21.3 Å². The van der Waals surface area contributed by atoms with Gasteiger partial charge in [-0.15, -0.1) is 0 Å². The van der Waals surface area contributed by atoms with E-state index in [1.54, 1.807) is 0 Å². The molecule has 3 atom stereocenters. The van der Waals surface area contributed by atoms with Crippen molar-refractivity contribution in [2.75, 3.05) is 13.7 Å². The van der Waals surface area contributed by atoms with Crippen LogP contribution in [0.25, 0.3) is 0 Å². The van der Waals surface area contributed by atoms with Crippen molar-refractivity contribution >= 4 is 0 Å². The Labute approximate surface area is 82.0 Å². The smallest absolute Gasteiger partial charge is 0.0726 e. The fourth-order valence-electron chi connectivity index (χ4n) is 2.50. The largest absolute Gasteiger partial charge is 0.380 e. The molecule has 0 aliphatic heterocycles. The molecule has 1 rings (SSSR count). The molecule has 3 unspecified atom stereocenters. The van der Waals surface area contributed by atoms with E-state index in [1.807, 2.05) is 7.11 Å². The second-order valence-electron chi connectivity index (χ2n) is 3.96. The Hall–Kier alpha value is -0.0800. The summed E-state index contributed by atoms with van der Waals surface area (Å²) in [6.45, 7) is 5.52. The second kappa shape index (κ2) is 5.61. The van der Waals surface area contributed by atoms with E-state index in [0.717, 1.165) is 12.5 Å². The summed E-state index contributed by atoms with van der Waals surface area (Å²) in [7, 11) is 1.84. The van der Waals surface area contributed by atoms with Gasteiger partial charge in [0, 0.05) is 13.2 Å². The third-order valence-electron chi connectivity index (χ3n) is 3.24. The van der Waals surface area contributed by atoms with Crippen LogP contribution < -0.4 is 5.32 Å². The fraction of sp³-hybridized carbons (Fsp3) is 1.00. The van der Waals surface area contributed by atoms with E-state index in [0.29, 0.717) is 12.1 Å². The van der Waals surface area contributed by atoms with Gasteiger partial charge >= 0.3 is 0 Å². The van der Waals surface area contributed by atoms with Crippen LogP contribution in [-0.4, -0.2) is 25.8 Å². The lowest BCUT2D eigenvalue weighted by Gasteiger charge is -2.37. The highest BCUT2D eigenvalue weighted by Gasteiger charge is 2.31. The molecule has 1 aliphatic carbocycles. The van der Waals surface area contributed by atoms with E-state index >= 15 is 0 Å². The van der Waals surface area contributed by atoms with Crippen LogP contribution in [0.2, 0.25) is 0 Å². The van der Waals surface area contributed by atoms with Gasteiger partial charge in [0.25, 0.3) is 0 Å². The number of methoxy groups -OCH3 is 1. The summed E-state index contributed by atoms with van der Waals surface area (Å²) in [5.74, 6) is 0.818. The fourth-order valence-corrected chi connectivity index (χ4v) is 2.50. The molecular formula is C11H23NO. The summed E-state index contributed by atoms with van der Waals surface area (Å²) in [6.07, 6.45) is 5.65. The summed E-state index contributed by atoms with van der Waals surface area (Å²) in [4.78, 5) is 0. The van der Waals surface area contributed by atoms with Crippen LogP contribution in [0.1, 0.15) is 39.5 Å². The van der Waals surface area contributed by atoms with Crippen molar-refractivity contribution in [3.8, 4) is 0 Å². The molecule has 0 amide bonds. The lowest BCUT2D eigenvalue weighted by atomic mass is 9.81. The van der Waals surface area contributed by atoms with Crippen LogP contribution in [-0.2, 0) is 4.74 Å². The van der Waals surface area contributed by atoms with Crippen LogP contribution >= 0.6 is 0 Å². The average Bonchev–Trinajstić information content (AvgIpc) is 2.18. The minimum Gasteiger partial charge on any atom is -0.380 e. The van der Waals surface area contributed by atoms with Crippen molar-refractivity contribution in [2.45, 2.75) is 51.7 Å². The Morgan fingerprint density at radius 2 is 2.08 bits per heavy atom. The van der Waals surface area contributed by atoms with Crippen LogP contribution in [0.4, 0.5) is 0 Å². The average molecular weight is 185 g/mol. The minimum absolute atomic E-state index is 0.443. The van der Waals surface area contributed by atoms with E-state index in [9.17, 15) is 0 Å². The van der Waals surface area contributed by atoms with Gasteiger partial charge < -0.3 is 10.1 Å². The Bertz CT molecular complexity index is 126. The summed E-state index contributed by atoms with van der Waals surface area (Å²) in [5, 5.41) is 3.56. The first-order valence-corrected chi connectivity index (χ1v) is 5.59. The first-order chi connectivity index (χ1) is 6.33. The van der Waals surface area contributed by atoms with Crippen molar-refractivity contribution < 1.29 is 4.74 Å². The molecule has 0 saturated heterocycles. The number of ether oxygens (including phenoxy) is 1. The minimum atomic E-state index is 0.443. The van der Waals surface area contributed by atoms with Gasteiger partial charge in [0.15, 0.2) is 0 Å². The van der Waals surface area contributed by atoms with Crippen LogP contribution in [0, 0.1) is 5.92 Å². The van der Waals surface area contributed by atoms with Crippen molar-refractivity contribution in [1.29, 1.82) is 0 Å². The molecule has 0 spiro atoms. The standard InChI is InChI=1S/C11H23NO/c1-4-9-7-6-8-10(13-3)11(9)12-5-2/h9-12H,4-8H2,1-3H3. The Morgan fingerprint density at radius 3 is 2.62 bits per heavy atom. The molecular weight excluding hydrogens is 162 g/mol. The first kappa shape index (κ1) is 11.0. The van der Waals surface area contributed by atoms with Gasteiger partial charge in [-0.2, -0.15) is 0 Å². The lowest BCUT2D eigenvalue weighted by Crippen LogP contribution is -2.48. The van der Waals surface area contributed by atoms with Gasteiger partial charge in [-0.3, -0.25) is 0 Å². The van der Waals surface area contributed by atoms with Gasteiger partial charge in [0.1, 0.15) is 0 Å². The zero-order valence-electron chi connectivity index (χ0n) is 9.18. The Morgan fingerprint density at radius 1 is 1.31 bits per heavy atom. The maximum Gasteiger partial charge on any atom is 0.0726 e. The molecule has 1 N–H and O–H groups in total. The summed E-state index contributed by atoms with van der Waals surface area (Å²) in [6, 6.07) is 0.591. The molecule has 1 saturated carbocycles. The Kier molecular flexibility index (Phi) is 4.74. The van der Waals surface area contributed by atoms with Crippen LogP contribution in [0.5, 0.6) is 0 Å². The van der Waals surface area contributed by atoms with E-state index in [2.05, 4.69) is 19.2 Å². The van der Waals surface area contributed by atoms with Gasteiger partial charge in [-0.05, 0) is 25.3 Å². The molecule has 2 nitrogen and oxygen atoms in total. The third-order valence-corrected chi connectivity index (χ3v) is 3.24. The number of likely N-dealkylation sites (N-methyl/N-ethyl adjacent to an activating group) is 1. The number of nitrogens with one attached hydrogen (secondary N) is 1. The zero-order valence-corrected chi connectivity index (χ0v) is 9.18. The van der Waals surface area contributed by atoms with Crippen LogP contribution in [0.15, 0.2) is 0 Å². The zero-order chi connectivity index (χ0) is 9.68. The molecule has 78 valence electrons. The molecule has 1 aliphatic rings. The lowest BCUT2D eigenvalue weighted by molar-refractivity contribution is 0.0170. The highest BCUT2D eigenvalue weighted by molar-refractivity contribution is 4.87. The van der Waals surface area contributed by atoms with Crippen molar-refractivity contribution in [3.63, 3.8) is 0 Å². The molecule has 0 radical (unpaired) electrons. The molecule has 0 aromatic heterocycles. The van der Waals surface area contributed by atoms with Crippen molar-refractivity contribution in [3.05, 3.63) is 0 Å². The second-order valence-corrected chi connectivity index (χ2v) is 3.96. The molecule has 0 bridgehead atoms. The SMILES string of the molecule is CCNC1C(CC)CCCC1OC. The molecule has 0 heterocycles. The predicted octanol–water partition coefficient (Wildman–Crippen LogP) is 2.19. The Balaban J connectivity index is 2.53. The monoisotopic (exact) mass is 185 g/mol. The van der Waals surface area contributed by atoms with Crippen molar-refractivity contribution in [1.82, 2.24) is 5.32 Å². The number of hydrogen-bond donors (Lipinski definition) is 1.